The Bertz CT molecular complexity index is 547. The van der Waals surface area contributed by atoms with Gasteiger partial charge in [0, 0.05) is 6.20 Å². The third-order valence-electron chi connectivity index (χ3n) is 2.90. The maximum absolute atomic E-state index is 11.8. The zero-order valence-corrected chi connectivity index (χ0v) is 9.59. The Kier molecular flexibility index (Phi) is 2.75. The molecule has 2 rings (SSSR count). The highest BCUT2D eigenvalue weighted by Gasteiger charge is 2.30. The third-order valence-corrected chi connectivity index (χ3v) is 5.14. The molecule has 0 saturated carbocycles. The summed E-state index contributed by atoms with van der Waals surface area (Å²) in [5.74, 6) is 0.219. The van der Waals surface area contributed by atoms with Crippen molar-refractivity contribution in [3.63, 3.8) is 0 Å². The Morgan fingerprint density at radius 1 is 1.38 bits per heavy atom. The van der Waals surface area contributed by atoms with Crippen LogP contribution < -0.4 is 11.3 Å². The van der Waals surface area contributed by atoms with Crippen LogP contribution in [0.3, 0.4) is 0 Å². The van der Waals surface area contributed by atoms with Gasteiger partial charge in [0.1, 0.15) is 0 Å². The molecule has 0 amide bonds. The van der Waals surface area contributed by atoms with Crippen molar-refractivity contribution in [1.29, 1.82) is 0 Å². The SMILES string of the molecule is Nc1cc(C2CCCCS2(=O)=O)c[nH]c1=O. The van der Waals surface area contributed by atoms with Crippen LogP contribution in [0.5, 0.6) is 0 Å². The first kappa shape index (κ1) is 11.2. The molecule has 1 fully saturated rings. The molecule has 0 radical (unpaired) electrons. The summed E-state index contributed by atoms with van der Waals surface area (Å²) in [6.45, 7) is 0. The van der Waals surface area contributed by atoms with Crippen molar-refractivity contribution >= 4 is 15.5 Å². The molecule has 88 valence electrons. The molecule has 1 aromatic heterocycles. The average molecular weight is 242 g/mol. The fourth-order valence-corrected chi connectivity index (χ4v) is 4.00. The van der Waals surface area contributed by atoms with Crippen LogP contribution >= 0.6 is 0 Å². The Labute approximate surface area is 93.6 Å². The van der Waals surface area contributed by atoms with Crippen LogP contribution in [0.1, 0.15) is 30.1 Å². The lowest BCUT2D eigenvalue weighted by Gasteiger charge is -2.22. The van der Waals surface area contributed by atoms with Gasteiger partial charge in [0.05, 0.1) is 16.7 Å². The Hall–Kier alpha value is -1.30. The second-order valence-corrected chi connectivity index (χ2v) is 6.37. The van der Waals surface area contributed by atoms with Crippen LogP contribution in [-0.2, 0) is 9.84 Å². The van der Waals surface area contributed by atoms with E-state index >= 15 is 0 Å². The van der Waals surface area contributed by atoms with Gasteiger partial charge in [0.25, 0.3) is 5.56 Å². The number of aromatic nitrogens is 1. The van der Waals surface area contributed by atoms with Crippen molar-refractivity contribution < 1.29 is 8.42 Å². The highest BCUT2D eigenvalue weighted by Crippen LogP contribution is 2.32. The van der Waals surface area contributed by atoms with Crippen LogP contribution in [-0.4, -0.2) is 19.2 Å². The zero-order valence-electron chi connectivity index (χ0n) is 8.77. The second kappa shape index (κ2) is 3.93. The van der Waals surface area contributed by atoms with Crippen LogP contribution in [0.4, 0.5) is 5.69 Å². The molecule has 5 nitrogen and oxygen atoms in total. The smallest absolute Gasteiger partial charge is 0.271 e. The Morgan fingerprint density at radius 2 is 2.12 bits per heavy atom. The first-order chi connectivity index (χ1) is 7.50. The van der Waals surface area contributed by atoms with E-state index in [1.165, 1.54) is 12.3 Å². The van der Waals surface area contributed by atoms with E-state index in [9.17, 15) is 13.2 Å². The van der Waals surface area contributed by atoms with Gasteiger partial charge in [-0.15, -0.1) is 0 Å². The molecule has 1 atom stereocenters. The number of nitrogens with two attached hydrogens (primary N) is 1. The molecular formula is C10H14N2O3S. The van der Waals surface area contributed by atoms with E-state index in [0.29, 0.717) is 12.0 Å². The van der Waals surface area contributed by atoms with Gasteiger partial charge in [-0.3, -0.25) is 4.79 Å². The summed E-state index contributed by atoms with van der Waals surface area (Å²) < 4.78 is 23.7. The van der Waals surface area contributed by atoms with E-state index in [0.717, 1.165) is 12.8 Å². The summed E-state index contributed by atoms with van der Waals surface area (Å²) in [5.41, 5.74) is 5.76. The van der Waals surface area contributed by atoms with E-state index in [-0.39, 0.29) is 17.0 Å². The molecule has 16 heavy (non-hydrogen) atoms. The summed E-state index contributed by atoms with van der Waals surface area (Å²) in [6.07, 6.45) is 3.67. The number of nitrogen functional groups attached to an aromatic ring is 1. The predicted octanol–water partition coefficient (Wildman–Crippen LogP) is 0.597. The molecule has 0 spiro atoms. The van der Waals surface area contributed by atoms with Gasteiger partial charge in [0.15, 0.2) is 9.84 Å². The van der Waals surface area contributed by atoms with E-state index in [4.69, 9.17) is 5.73 Å². The number of pyridine rings is 1. The summed E-state index contributed by atoms with van der Waals surface area (Å²) in [7, 11) is -3.08. The first-order valence-corrected chi connectivity index (χ1v) is 6.92. The molecule has 0 bridgehead atoms. The van der Waals surface area contributed by atoms with Gasteiger partial charge in [-0.05, 0) is 24.5 Å². The number of nitrogens with one attached hydrogen (secondary N) is 1. The van der Waals surface area contributed by atoms with Crippen molar-refractivity contribution in [2.24, 2.45) is 0 Å². The van der Waals surface area contributed by atoms with Crippen molar-refractivity contribution in [2.45, 2.75) is 24.5 Å². The molecule has 1 unspecified atom stereocenters. The molecule has 1 saturated heterocycles. The maximum Gasteiger partial charge on any atom is 0.271 e. The first-order valence-electron chi connectivity index (χ1n) is 5.20. The maximum atomic E-state index is 11.8. The Balaban J connectivity index is 2.43. The van der Waals surface area contributed by atoms with E-state index < -0.39 is 15.1 Å². The molecule has 3 N–H and O–H groups in total. The fraction of sp³-hybridized carbons (Fsp3) is 0.500. The van der Waals surface area contributed by atoms with Gasteiger partial charge in [-0.1, -0.05) is 6.42 Å². The standard InChI is InChI=1S/C10H14N2O3S/c11-8-5-7(6-12-10(8)13)9-3-1-2-4-16(9,14)15/h5-6,9H,1-4,11H2,(H,12,13). The monoisotopic (exact) mass is 242 g/mol. The topological polar surface area (TPSA) is 93.0 Å². The van der Waals surface area contributed by atoms with Gasteiger partial charge in [-0.2, -0.15) is 0 Å². The van der Waals surface area contributed by atoms with Crippen molar-refractivity contribution in [3.8, 4) is 0 Å². The van der Waals surface area contributed by atoms with Crippen molar-refractivity contribution in [3.05, 3.63) is 28.2 Å². The average Bonchev–Trinajstić information content (AvgIpc) is 2.22. The third kappa shape index (κ3) is 1.97. The molecule has 0 aromatic carbocycles. The van der Waals surface area contributed by atoms with Crippen LogP contribution in [0.25, 0.3) is 0 Å². The molecule has 0 aliphatic carbocycles. The summed E-state index contributed by atoms with van der Waals surface area (Å²) in [5, 5.41) is -0.514. The molecule has 6 heteroatoms. The minimum absolute atomic E-state index is 0.0678. The van der Waals surface area contributed by atoms with E-state index in [1.54, 1.807) is 0 Å². The van der Waals surface area contributed by atoms with Gasteiger partial charge >= 0.3 is 0 Å². The highest BCUT2D eigenvalue weighted by atomic mass is 32.2. The molecule has 1 aliphatic heterocycles. The van der Waals surface area contributed by atoms with Crippen molar-refractivity contribution in [1.82, 2.24) is 4.98 Å². The normalized spacial score (nSPS) is 24.1. The summed E-state index contributed by atoms with van der Waals surface area (Å²) in [4.78, 5) is 13.5. The van der Waals surface area contributed by atoms with E-state index in [1.807, 2.05) is 0 Å². The van der Waals surface area contributed by atoms with E-state index in [2.05, 4.69) is 4.98 Å². The van der Waals surface area contributed by atoms with Crippen molar-refractivity contribution in [2.75, 3.05) is 11.5 Å². The number of aromatic amines is 1. The number of rotatable bonds is 1. The van der Waals surface area contributed by atoms with Gasteiger partial charge < -0.3 is 10.7 Å². The number of sulfone groups is 1. The fourth-order valence-electron chi connectivity index (χ4n) is 2.03. The second-order valence-electron chi connectivity index (χ2n) is 4.07. The predicted molar refractivity (Wildman–Crippen MR) is 61.9 cm³/mol. The minimum atomic E-state index is -3.08. The van der Waals surface area contributed by atoms with Crippen LogP contribution in [0.15, 0.2) is 17.1 Å². The summed E-state index contributed by atoms with van der Waals surface area (Å²) >= 11 is 0. The van der Waals surface area contributed by atoms with Crippen LogP contribution in [0, 0.1) is 0 Å². The largest absolute Gasteiger partial charge is 0.394 e. The Morgan fingerprint density at radius 3 is 2.75 bits per heavy atom. The molecular weight excluding hydrogens is 228 g/mol. The molecule has 1 aromatic rings. The highest BCUT2D eigenvalue weighted by molar-refractivity contribution is 7.91. The zero-order chi connectivity index (χ0) is 11.8. The molecule has 1 aliphatic rings. The number of hydrogen-bond acceptors (Lipinski definition) is 4. The number of anilines is 1. The quantitative estimate of drug-likeness (QED) is 0.754. The molecule has 2 heterocycles. The summed E-state index contributed by atoms with van der Waals surface area (Å²) in [6, 6.07) is 1.46. The van der Waals surface area contributed by atoms with Crippen LogP contribution in [0.2, 0.25) is 0 Å². The number of hydrogen-bond donors (Lipinski definition) is 2. The lowest BCUT2D eigenvalue weighted by molar-refractivity contribution is 0.545. The number of H-pyrrole nitrogens is 1. The van der Waals surface area contributed by atoms with Gasteiger partial charge in [-0.25, -0.2) is 8.42 Å². The lowest BCUT2D eigenvalue weighted by atomic mass is 10.1. The van der Waals surface area contributed by atoms with Gasteiger partial charge in [0.2, 0.25) is 0 Å². The lowest BCUT2D eigenvalue weighted by Crippen LogP contribution is -2.23. The minimum Gasteiger partial charge on any atom is -0.394 e.